The zero-order valence-electron chi connectivity index (χ0n) is 17.9. The second-order valence-corrected chi connectivity index (χ2v) is 11.1. The van der Waals surface area contributed by atoms with Crippen LogP contribution in [0.3, 0.4) is 0 Å². The molecular weight excluding hydrogens is 454 g/mol. The predicted octanol–water partition coefficient (Wildman–Crippen LogP) is 2.63. The Hall–Kier alpha value is -2.63. The van der Waals surface area contributed by atoms with Gasteiger partial charge < -0.3 is 14.8 Å². The largest absolute Gasteiger partial charge is 0.493 e. The van der Waals surface area contributed by atoms with Crippen LogP contribution in [0.5, 0.6) is 11.5 Å². The summed E-state index contributed by atoms with van der Waals surface area (Å²) < 4.78 is 67.5. The van der Waals surface area contributed by atoms with Gasteiger partial charge in [-0.1, -0.05) is 12.5 Å². The molecule has 2 aliphatic rings. The molecule has 0 unspecified atom stereocenters. The van der Waals surface area contributed by atoms with Gasteiger partial charge in [0.1, 0.15) is 10.7 Å². The van der Waals surface area contributed by atoms with Gasteiger partial charge in [0.05, 0.1) is 24.8 Å². The summed E-state index contributed by atoms with van der Waals surface area (Å²) in [5, 5.41) is 3.02. The standard InChI is InChI=1S/C21H25N3O6S2/c1-29-18-9-6-15(12-19(18)30-2)13-21-22-17-8-7-16(14-20(17)31(25,26)23-21)32(27,28)24-10-4-3-5-11-24/h6-9,12,14H,3-5,10-11,13H2,1-2H3,(H,22,23). The molecule has 0 aliphatic carbocycles. The van der Waals surface area contributed by atoms with E-state index in [1.165, 1.54) is 36.7 Å². The van der Waals surface area contributed by atoms with E-state index in [0.29, 0.717) is 30.3 Å². The quantitative estimate of drug-likeness (QED) is 0.677. The number of benzene rings is 2. The first kappa shape index (κ1) is 22.6. The fraction of sp³-hybridized carbons (Fsp3) is 0.381. The second-order valence-electron chi connectivity index (χ2n) is 7.63. The van der Waals surface area contributed by atoms with Crippen molar-refractivity contribution in [1.29, 1.82) is 0 Å². The van der Waals surface area contributed by atoms with Gasteiger partial charge in [-0.3, -0.25) is 0 Å². The molecular formula is C21H25N3O6S2. The van der Waals surface area contributed by atoms with E-state index in [2.05, 4.69) is 9.71 Å². The van der Waals surface area contributed by atoms with Gasteiger partial charge in [0.15, 0.2) is 11.5 Å². The van der Waals surface area contributed by atoms with Gasteiger partial charge in [-0.25, -0.2) is 8.42 Å². The van der Waals surface area contributed by atoms with Crippen molar-refractivity contribution in [2.45, 2.75) is 35.5 Å². The highest BCUT2D eigenvalue weighted by atomic mass is 32.2. The molecule has 0 spiro atoms. The molecule has 0 saturated carbocycles. The molecule has 4 rings (SSSR count). The molecule has 0 bridgehead atoms. The minimum absolute atomic E-state index is 0.0398. The number of sulfonamides is 2. The second kappa shape index (κ2) is 8.72. The molecule has 32 heavy (non-hydrogen) atoms. The Bertz CT molecular complexity index is 1270. The Labute approximate surface area is 188 Å². The maximum absolute atomic E-state index is 13.0. The van der Waals surface area contributed by atoms with Crippen LogP contribution in [-0.4, -0.2) is 54.3 Å². The monoisotopic (exact) mass is 479 g/mol. The fourth-order valence-electron chi connectivity index (χ4n) is 3.87. The summed E-state index contributed by atoms with van der Waals surface area (Å²) >= 11 is 0. The van der Waals surface area contributed by atoms with Gasteiger partial charge >= 0.3 is 0 Å². The molecule has 1 fully saturated rings. The summed E-state index contributed by atoms with van der Waals surface area (Å²) in [7, 11) is -4.76. The van der Waals surface area contributed by atoms with Gasteiger partial charge in [-0.15, -0.1) is 4.40 Å². The molecule has 172 valence electrons. The zero-order chi connectivity index (χ0) is 22.9. The molecule has 0 aromatic heterocycles. The van der Waals surface area contributed by atoms with E-state index < -0.39 is 20.0 Å². The van der Waals surface area contributed by atoms with Crippen molar-refractivity contribution in [2.75, 3.05) is 32.6 Å². The summed E-state index contributed by atoms with van der Waals surface area (Å²) in [4.78, 5) is -0.186. The van der Waals surface area contributed by atoms with E-state index in [4.69, 9.17) is 9.47 Å². The third kappa shape index (κ3) is 4.32. The highest BCUT2D eigenvalue weighted by Crippen LogP contribution is 2.33. The summed E-state index contributed by atoms with van der Waals surface area (Å²) in [6.45, 7) is 0.885. The summed E-state index contributed by atoms with van der Waals surface area (Å²) in [6, 6.07) is 9.38. The molecule has 1 saturated heterocycles. The normalized spacial score (nSPS) is 18.2. The van der Waals surface area contributed by atoms with Gasteiger partial charge in [-0.05, 0) is 48.7 Å². The number of hydrogen-bond donors (Lipinski definition) is 1. The SMILES string of the molecule is COc1ccc(CC2=NS(=O)(=O)c3cc(S(=O)(=O)N4CCCCC4)ccc3N2)cc1OC. The van der Waals surface area contributed by atoms with Gasteiger partial charge in [0.25, 0.3) is 10.0 Å². The van der Waals surface area contributed by atoms with Gasteiger partial charge in [0.2, 0.25) is 10.0 Å². The zero-order valence-corrected chi connectivity index (χ0v) is 19.5. The lowest BCUT2D eigenvalue weighted by atomic mass is 10.1. The third-order valence-corrected chi connectivity index (χ3v) is 8.76. The molecule has 2 aliphatic heterocycles. The lowest BCUT2D eigenvalue weighted by Gasteiger charge is -2.26. The maximum atomic E-state index is 13.0. The third-order valence-electron chi connectivity index (χ3n) is 5.51. The first-order valence-electron chi connectivity index (χ1n) is 10.2. The molecule has 11 heteroatoms. The smallest absolute Gasteiger partial charge is 0.286 e. The van der Waals surface area contributed by atoms with Crippen LogP contribution in [0.15, 0.2) is 50.6 Å². The van der Waals surface area contributed by atoms with Crippen molar-refractivity contribution in [3.05, 3.63) is 42.0 Å². The first-order chi connectivity index (χ1) is 15.2. The van der Waals surface area contributed by atoms with Crippen LogP contribution < -0.4 is 14.8 Å². The lowest BCUT2D eigenvalue weighted by Crippen LogP contribution is -2.35. The molecule has 0 atom stereocenters. The van der Waals surface area contributed by atoms with E-state index in [1.54, 1.807) is 18.2 Å². The highest BCUT2D eigenvalue weighted by Gasteiger charge is 2.31. The highest BCUT2D eigenvalue weighted by molar-refractivity contribution is 7.91. The predicted molar refractivity (Wildman–Crippen MR) is 121 cm³/mol. The molecule has 1 N–H and O–H groups in total. The number of ether oxygens (including phenoxy) is 2. The van der Waals surface area contributed by atoms with Crippen LogP contribution in [0.1, 0.15) is 24.8 Å². The molecule has 2 aromatic rings. The van der Waals surface area contributed by atoms with Crippen LogP contribution >= 0.6 is 0 Å². The van der Waals surface area contributed by atoms with Crippen molar-refractivity contribution in [1.82, 2.24) is 4.31 Å². The Morgan fingerprint density at radius 1 is 1.00 bits per heavy atom. The molecule has 2 aromatic carbocycles. The number of amidine groups is 1. The maximum Gasteiger partial charge on any atom is 0.286 e. The fourth-order valence-corrected chi connectivity index (χ4v) is 6.66. The summed E-state index contributed by atoms with van der Waals surface area (Å²) in [5.41, 5.74) is 1.07. The Morgan fingerprint density at radius 2 is 1.72 bits per heavy atom. The van der Waals surface area contributed by atoms with Crippen LogP contribution in [0, 0.1) is 0 Å². The van der Waals surface area contributed by atoms with Crippen molar-refractivity contribution in [2.24, 2.45) is 4.40 Å². The first-order valence-corrected chi connectivity index (χ1v) is 13.1. The molecule has 0 radical (unpaired) electrons. The average Bonchev–Trinajstić information content (AvgIpc) is 2.79. The van der Waals surface area contributed by atoms with Gasteiger partial charge in [-0.2, -0.15) is 12.7 Å². The van der Waals surface area contributed by atoms with Crippen LogP contribution in [0.2, 0.25) is 0 Å². The van der Waals surface area contributed by atoms with E-state index in [1.807, 2.05) is 0 Å². The molecule has 0 amide bonds. The van der Waals surface area contributed by atoms with E-state index >= 15 is 0 Å². The Balaban J connectivity index is 1.62. The lowest BCUT2D eigenvalue weighted by molar-refractivity contribution is 0.346. The van der Waals surface area contributed by atoms with Crippen molar-refractivity contribution < 1.29 is 26.3 Å². The number of rotatable bonds is 6. The van der Waals surface area contributed by atoms with E-state index in [0.717, 1.165) is 24.8 Å². The van der Waals surface area contributed by atoms with Crippen molar-refractivity contribution in [3.63, 3.8) is 0 Å². The Kier molecular flexibility index (Phi) is 6.15. The van der Waals surface area contributed by atoms with Crippen LogP contribution in [0.4, 0.5) is 5.69 Å². The average molecular weight is 480 g/mol. The minimum Gasteiger partial charge on any atom is -0.493 e. The van der Waals surface area contributed by atoms with Gasteiger partial charge in [0, 0.05) is 19.5 Å². The van der Waals surface area contributed by atoms with E-state index in [9.17, 15) is 16.8 Å². The number of piperidine rings is 1. The number of anilines is 1. The van der Waals surface area contributed by atoms with Crippen LogP contribution in [0.25, 0.3) is 0 Å². The van der Waals surface area contributed by atoms with Crippen LogP contribution in [-0.2, 0) is 26.5 Å². The number of nitrogens with zero attached hydrogens (tertiary/aromatic N) is 2. The number of fused-ring (bicyclic) bond motifs is 1. The summed E-state index contributed by atoms with van der Waals surface area (Å²) in [5.74, 6) is 1.32. The Morgan fingerprint density at radius 3 is 2.41 bits per heavy atom. The summed E-state index contributed by atoms with van der Waals surface area (Å²) in [6.07, 6.45) is 2.81. The van der Waals surface area contributed by atoms with E-state index in [-0.39, 0.29) is 22.0 Å². The topological polar surface area (TPSA) is 114 Å². The number of nitrogens with one attached hydrogen (secondary N) is 1. The molecule has 9 nitrogen and oxygen atoms in total. The molecule has 2 heterocycles. The number of methoxy groups -OCH3 is 2. The minimum atomic E-state index is -4.07. The number of hydrogen-bond acceptors (Lipinski definition) is 7. The van der Waals surface area contributed by atoms with Crippen molar-refractivity contribution in [3.8, 4) is 11.5 Å². The van der Waals surface area contributed by atoms with Crippen molar-refractivity contribution >= 4 is 31.6 Å².